The molecule has 0 saturated heterocycles. The first kappa shape index (κ1) is 23.7. The maximum atomic E-state index is 12.9. The number of hydrogen-bond donors (Lipinski definition) is 0. The molecule has 1 aromatic rings. The Labute approximate surface area is 202 Å². The van der Waals surface area contributed by atoms with Crippen molar-refractivity contribution in [2.75, 3.05) is 0 Å². The summed E-state index contributed by atoms with van der Waals surface area (Å²) in [6.45, 7) is 1.82. The van der Waals surface area contributed by atoms with Gasteiger partial charge in [0.2, 0.25) is 0 Å². The molecule has 0 radical (unpaired) electrons. The van der Waals surface area contributed by atoms with Crippen molar-refractivity contribution in [3.05, 3.63) is 21.4 Å². The van der Waals surface area contributed by atoms with Crippen LogP contribution in [0.15, 0.2) is 25.7 Å². The lowest BCUT2D eigenvalue weighted by molar-refractivity contribution is -0.141. The van der Waals surface area contributed by atoms with Gasteiger partial charge in [-0.15, -0.1) is 0 Å². The lowest BCUT2D eigenvalue weighted by atomic mass is 9.89. The fourth-order valence-electron chi connectivity index (χ4n) is 4.59. The van der Waals surface area contributed by atoms with Gasteiger partial charge in [0.25, 0.3) is 0 Å². The highest BCUT2D eigenvalue weighted by Crippen LogP contribution is 2.60. The van der Waals surface area contributed by atoms with E-state index in [2.05, 4.69) is 0 Å². The summed E-state index contributed by atoms with van der Waals surface area (Å²) in [5.74, 6) is 0.128. The van der Waals surface area contributed by atoms with Crippen LogP contribution in [-0.4, -0.2) is 11.9 Å². The van der Waals surface area contributed by atoms with Gasteiger partial charge >= 0.3 is 11.9 Å². The molecule has 1 heterocycles. The van der Waals surface area contributed by atoms with E-state index in [1.54, 1.807) is 6.07 Å². The molecule has 4 rings (SSSR count). The second kappa shape index (κ2) is 10.7. The van der Waals surface area contributed by atoms with Crippen LogP contribution in [0.1, 0.15) is 69.8 Å². The van der Waals surface area contributed by atoms with Crippen LogP contribution in [0.25, 0.3) is 0 Å². The topological polar surface area (TPSA) is 100 Å². The van der Waals surface area contributed by atoms with Crippen molar-refractivity contribution in [3.63, 3.8) is 0 Å². The van der Waals surface area contributed by atoms with E-state index >= 15 is 0 Å². The SMILES string of the molecule is Cc1cc(OC(=O)C2CCCCC2)c2c(c1OC(=O)C1CCCCC1)SC(=C(C#N)C#N)S2. The quantitative estimate of drug-likeness (QED) is 0.275. The molecule has 1 aliphatic heterocycles. The number of ether oxygens (including phenoxy) is 2. The first-order valence-electron chi connectivity index (χ1n) is 11.5. The number of allylic oxidation sites excluding steroid dienone is 1. The summed E-state index contributed by atoms with van der Waals surface area (Å²) in [6.07, 6.45) is 9.71. The van der Waals surface area contributed by atoms with Gasteiger partial charge in [-0.1, -0.05) is 62.0 Å². The molecule has 0 spiro atoms. The first-order chi connectivity index (χ1) is 16.0. The summed E-state index contributed by atoms with van der Waals surface area (Å²) in [5.41, 5.74) is 0.683. The zero-order valence-electron chi connectivity index (χ0n) is 18.6. The number of rotatable bonds is 4. The van der Waals surface area contributed by atoms with Crippen molar-refractivity contribution >= 4 is 35.5 Å². The van der Waals surface area contributed by atoms with Gasteiger partial charge in [0.05, 0.1) is 25.9 Å². The lowest BCUT2D eigenvalue weighted by Gasteiger charge is -2.22. The molecule has 172 valence electrons. The maximum absolute atomic E-state index is 12.9. The average molecular weight is 483 g/mol. The molecule has 0 N–H and O–H groups in total. The number of benzene rings is 1. The van der Waals surface area contributed by atoms with E-state index < -0.39 is 0 Å². The predicted octanol–water partition coefficient (Wildman–Crippen LogP) is 6.42. The van der Waals surface area contributed by atoms with E-state index in [4.69, 9.17) is 9.47 Å². The van der Waals surface area contributed by atoms with Gasteiger partial charge in [-0.3, -0.25) is 9.59 Å². The standard InChI is InChI=1S/C25H26N2O4S2/c1-15-12-19(30-23(28)16-8-4-2-5-9-16)21-22(33-25(32-21)18(13-26)14-27)20(15)31-24(29)17-10-6-3-7-11-17/h12,16-17H,2-11H2,1H3. The smallest absolute Gasteiger partial charge is 0.314 e. The minimum absolute atomic E-state index is 0.00651. The van der Waals surface area contributed by atoms with Crippen LogP contribution in [0.4, 0.5) is 0 Å². The summed E-state index contributed by atoms with van der Waals surface area (Å²) < 4.78 is 12.2. The summed E-state index contributed by atoms with van der Waals surface area (Å²) in [6, 6.07) is 5.59. The Hall–Kier alpha value is -2.42. The van der Waals surface area contributed by atoms with E-state index in [0.29, 0.717) is 31.1 Å². The van der Waals surface area contributed by atoms with E-state index in [-0.39, 0.29) is 29.3 Å². The van der Waals surface area contributed by atoms with Crippen molar-refractivity contribution in [2.24, 2.45) is 11.8 Å². The Morgan fingerprint density at radius 1 is 0.848 bits per heavy atom. The van der Waals surface area contributed by atoms with E-state index in [9.17, 15) is 20.1 Å². The third-order valence-corrected chi connectivity index (χ3v) is 9.06. The van der Waals surface area contributed by atoms with Gasteiger partial charge in [-0.05, 0) is 44.2 Å². The van der Waals surface area contributed by atoms with Crippen molar-refractivity contribution in [3.8, 4) is 23.6 Å². The first-order valence-corrected chi connectivity index (χ1v) is 13.2. The highest BCUT2D eigenvalue weighted by atomic mass is 32.2. The molecule has 33 heavy (non-hydrogen) atoms. The Bertz CT molecular complexity index is 1060. The van der Waals surface area contributed by atoms with E-state index in [1.807, 2.05) is 19.1 Å². The molecule has 6 nitrogen and oxygen atoms in total. The molecule has 0 unspecified atom stereocenters. The summed E-state index contributed by atoms with van der Waals surface area (Å²) >= 11 is 2.45. The highest BCUT2D eigenvalue weighted by Gasteiger charge is 2.34. The average Bonchev–Trinajstić information content (AvgIpc) is 3.28. The number of fused-ring (bicyclic) bond motifs is 1. The molecular formula is C25H26N2O4S2. The maximum Gasteiger partial charge on any atom is 0.314 e. The van der Waals surface area contributed by atoms with Crippen LogP contribution >= 0.6 is 23.5 Å². The van der Waals surface area contributed by atoms with Crippen LogP contribution in [0.2, 0.25) is 0 Å². The number of carbonyl (C=O) groups excluding carboxylic acids is 2. The molecule has 1 aromatic carbocycles. The molecule has 0 aromatic heterocycles. The van der Waals surface area contributed by atoms with Gasteiger partial charge in [0, 0.05) is 0 Å². The molecule has 2 aliphatic carbocycles. The number of carbonyl (C=O) groups is 2. The fourth-order valence-corrected chi connectivity index (χ4v) is 7.14. The van der Waals surface area contributed by atoms with Crippen LogP contribution in [-0.2, 0) is 9.59 Å². The number of hydrogen-bond acceptors (Lipinski definition) is 8. The largest absolute Gasteiger partial charge is 0.425 e. The predicted molar refractivity (Wildman–Crippen MR) is 126 cm³/mol. The number of esters is 2. The zero-order chi connectivity index (χ0) is 23.4. The normalized spacial score (nSPS) is 18.7. The van der Waals surface area contributed by atoms with Gasteiger partial charge < -0.3 is 9.47 Å². The van der Waals surface area contributed by atoms with Crippen LogP contribution in [0, 0.1) is 41.4 Å². The Morgan fingerprint density at radius 3 is 1.91 bits per heavy atom. The second-order valence-electron chi connectivity index (χ2n) is 8.78. The summed E-state index contributed by atoms with van der Waals surface area (Å²) in [5, 5.41) is 18.7. The van der Waals surface area contributed by atoms with Crippen molar-refractivity contribution in [1.29, 1.82) is 10.5 Å². The molecule has 0 atom stereocenters. The van der Waals surface area contributed by atoms with Crippen LogP contribution in [0.3, 0.4) is 0 Å². The highest BCUT2D eigenvalue weighted by molar-refractivity contribution is 8.24. The summed E-state index contributed by atoms with van der Waals surface area (Å²) in [7, 11) is 0. The third-order valence-electron chi connectivity index (χ3n) is 6.45. The van der Waals surface area contributed by atoms with E-state index in [1.165, 1.54) is 23.5 Å². The Kier molecular flexibility index (Phi) is 7.67. The monoisotopic (exact) mass is 482 g/mol. The van der Waals surface area contributed by atoms with Gasteiger partial charge in [-0.2, -0.15) is 10.5 Å². The zero-order valence-corrected chi connectivity index (χ0v) is 20.3. The van der Waals surface area contributed by atoms with Gasteiger partial charge in [0.1, 0.15) is 29.2 Å². The third kappa shape index (κ3) is 5.23. The lowest BCUT2D eigenvalue weighted by Crippen LogP contribution is -2.24. The fraction of sp³-hybridized carbons (Fsp3) is 0.520. The van der Waals surface area contributed by atoms with Crippen molar-refractivity contribution in [1.82, 2.24) is 0 Å². The minimum atomic E-state index is -0.243. The number of aryl methyl sites for hydroxylation is 1. The summed E-state index contributed by atoms with van der Waals surface area (Å²) in [4.78, 5) is 27.0. The molecule has 3 aliphatic rings. The molecular weight excluding hydrogens is 456 g/mol. The van der Waals surface area contributed by atoms with Crippen molar-refractivity contribution in [2.45, 2.75) is 80.9 Å². The Balaban J connectivity index is 1.66. The van der Waals surface area contributed by atoms with Crippen LogP contribution in [0.5, 0.6) is 11.5 Å². The molecule has 0 bridgehead atoms. The van der Waals surface area contributed by atoms with Gasteiger partial charge in [0.15, 0.2) is 0 Å². The second-order valence-corrected chi connectivity index (χ2v) is 11.1. The Morgan fingerprint density at radius 2 is 1.36 bits per heavy atom. The van der Waals surface area contributed by atoms with Crippen molar-refractivity contribution < 1.29 is 19.1 Å². The molecule has 2 fully saturated rings. The number of thioether (sulfide) groups is 2. The molecule has 2 saturated carbocycles. The molecule has 8 heteroatoms. The van der Waals surface area contributed by atoms with E-state index in [0.717, 1.165) is 64.2 Å². The molecule has 0 amide bonds. The number of nitrogens with zero attached hydrogens (tertiary/aromatic N) is 2. The minimum Gasteiger partial charge on any atom is -0.425 e. The van der Waals surface area contributed by atoms with Gasteiger partial charge in [-0.25, -0.2) is 0 Å². The van der Waals surface area contributed by atoms with Crippen LogP contribution < -0.4 is 9.47 Å². The number of nitriles is 2.